The summed E-state index contributed by atoms with van der Waals surface area (Å²) < 4.78 is 5.72. The van der Waals surface area contributed by atoms with Gasteiger partial charge in [-0.2, -0.15) is 0 Å². The van der Waals surface area contributed by atoms with Gasteiger partial charge in [0.2, 0.25) is 11.9 Å². The molecule has 1 amide bonds. The first-order chi connectivity index (χ1) is 14.9. The zero-order valence-corrected chi connectivity index (χ0v) is 18.5. The van der Waals surface area contributed by atoms with Crippen LogP contribution in [0.4, 0.5) is 5.95 Å². The minimum absolute atomic E-state index is 0.0220. The molecule has 1 saturated heterocycles. The van der Waals surface area contributed by atoms with Gasteiger partial charge in [0.05, 0.1) is 18.2 Å². The molecule has 8 heteroatoms. The van der Waals surface area contributed by atoms with E-state index in [1.165, 1.54) is 0 Å². The first-order valence-electron chi connectivity index (χ1n) is 10.4. The average Bonchev–Trinajstić information content (AvgIpc) is 2.73. The quantitative estimate of drug-likeness (QED) is 0.543. The van der Waals surface area contributed by atoms with Gasteiger partial charge in [0.25, 0.3) is 0 Å². The Morgan fingerprint density at radius 1 is 1.16 bits per heavy atom. The molecule has 0 spiro atoms. The summed E-state index contributed by atoms with van der Waals surface area (Å²) in [5.74, 6) is 0.929. The van der Waals surface area contributed by atoms with Crippen LogP contribution in [-0.4, -0.2) is 34.8 Å². The van der Waals surface area contributed by atoms with E-state index in [1.54, 1.807) is 0 Å². The Labute approximate surface area is 186 Å². The third-order valence-electron chi connectivity index (χ3n) is 5.48. The van der Waals surface area contributed by atoms with E-state index in [1.807, 2.05) is 63.2 Å². The van der Waals surface area contributed by atoms with Gasteiger partial charge in [-0.15, -0.1) is 0 Å². The van der Waals surface area contributed by atoms with Crippen LogP contribution in [-0.2, 0) is 11.2 Å². The van der Waals surface area contributed by atoms with E-state index in [-0.39, 0.29) is 17.9 Å². The number of nitrogens with zero attached hydrogens (tertiary/aromatic N) is 2. The number of anilines is 1. The lowest BCUT2D eigenvalue weighted by molar-refractivity contribution is -0.128. The molecule has 1 aliphatic rings. The summed E-state index contributed by atoms with van der Waals surface area (Å²) in [4.78, 5) is 22.0. The third-order valence-corrected chi connectivity index (χ3v) is 5.73. The highest BCUT2D eigenvalue weighted by Crippen LogP contribution is 2.27. The first-order valence-corrected chi connectivity index (χ1v) is 10.8. The molecule has 3 aromatic rings. The monoisotopic (exact) mass is 439 g/mol. The molecule has 3 atom stereocenters. The second-order valence-electron chi connectivity index (χ2n) is 7.70. The number of fused-ring (bicyclic) bond motifs is 1. The number of hydrogen-bond donors (Lipinski definition) is 3. The summed E-state index contributed by atoms with van der Waals surface area (Å²) in [5, 5.41) is 11.2. The second-order valence-corrected chi connectivity index (χ2v) is 8.13. The largest absolute Gasteiger partial charge is 0.492 e. The smallest absolute Gasteiger partial charge is 0.227 e. The maximum absolute atomic E-state index is 12.8. The molecule has 0 aliphatic carbocycles. The summed E-state index contributed by atoms with van der Waals surface area (Å²) in [6, 6.07) is 13.4. The molecule has 1 fully saturated rings. The Morgan fingerprint density at radius 3 is 2.65 bits per heavy atom. The SMILES string of the molecule is CCOc1cccc2c(C)nc(NC3NC(=O)C(Cc4ccc(Cl)cc4)C(C)N3)nc12. The van der Waals surface area contributed by atoms with Crippen LogP contribution in [0.15, 0.2) is 42.5 Å². The Morgan fingerprint density at radius 2 is 1.94 bits per heavy atom. The molecule has 1 aromatic heterocycles. The molecule has 3 N–H and O–H groups in total. The minimum atomic E-state index is -0.472. The van der Waals surface area contributed by atoms with E-state index in [2.05, 4.69) is 25.9 Å². The summed E-state index contributed by atoms with van der Waals surface area (Å²) >= 11 is 5.96. The van der Waals surface area contributed by atoms with Crippen LogP contribution in [0.2, 0.25) is 5.02 Å². The molecule has 2 heterocycles. The fraction of sp³-hybridized carbons (Fsp3) is 0.348. The Kier molecular flexibility index (Phi) is 6.25. The predicted molar refractivity (Wildman–Crippen MR) is 122 cm³/mol. The fourth-order valence-corrected chi connectivity index (χ4v) is 3.99. The van der Waals surface area contributed by atoms with Gasteiger partial charge < -0.3 is 15.4 Å². The zero-order chi connectivity index (χ0) is 22.0. The highest BCUT2D eigenvalue weighted by Gasteiger charge is 2.33. The molecular weight excluding hydrogens is 414 g/mol. The molecule has 162 valence electrons. The minimum Gasteiger partial charge on any atom is -0.492 e. The highest BCUT2D eigenvalue weighted by atomic mass is 35.5. The van der Waals surface area contributed by atoms with Gasteiger partial charge in [0.15, 0.2) is 6.29 Å². The standard InChI is InChI=1S/C23H26ClN5O2/c1-4-31-19-7-5-6-17-13(2)25-22(27-20(17)19)29-23-26-14(3)18(21(30)28-23)12-15-8-10-16(24)11-9-15/h5-11,14,18,23,26H,4,12H2,1-3H3,(H,28,30)(H,25,27,29). The molecular formula is C23H26ClN5O2. The molecule has 1 aliphatic heterocycles. The highest BCUT2D eigenvalue weighted by molar-refractivity contribution is 6.30. The number of amides is 1. The maximum Gasteiger partial charge on any atom is 0.227 e. The van der Waals surface area contributed by atoms with E-state index in [0.717, 1.165) is 22.2 Å². The number of benzene rings is 2. The van der Waals surface area contributed by atoms with Crippen molar-refractivity contribution >= 4 is 34.4 Å². The number of para-hydroxylation sites is 1. The summed E-state index contributed by atoms with van der Waals surface area (Å²) in [7, 11) is 0. The number of carbonyl (C=O) groups excluding carboxylic acids is 1. The maximum atomic E-state index is 12.8. The molecule has 7 nitrogen and oxygen atoms in total. The fourth-order valence-electron chi connectivity index (χ4n) is 3.86. The Balaban J connectivity index is 1.49. The molecule has 0 bridgehead atoms. The van der Waals surface area contributed by atoms with Gasteiger partial charge in [0, 0.05) is 16.5 Å². The number of nitrogens with one attached hydrogen (secondary N) is 3. The first kappa shape index (κ1) is 21.3. The van der Waals surface area contributed by atoms with E-state index < -0.39 is 6.29 Å². The van der Waals surface area contributed by atoms with Crippen molar-refractivity contribution in [3.05, 3.63) is 58.7 Å². The van der Waals surface area contributed by atoms with Crippen molar-refractivity contribution in [1.82, 2.24) is 20.6 Å². The second kappa shape index (κ2) is 9.08. The van der Waals surface area contributed by atoms with Gasteiger partial charge in [-0.25, -0.2) is 9.97 Å². The lowest BCUT2D eigenvalue weighted by Gasteiger charge is -2.36. The zero-order valence-electron chi connectivity index (χ0n) is 17.8. The van der Waals surface area contributed by atoms with Crippen LogP contribution in [0.5, 0.6) is 5.75 Å². The number of rotatable bonds is 6. The van der Waals surface area contributed by atoms with Gasteiger partial charge in [0.1, 0.15) is 11.3 Å². The van der Waals surface area contributed by atoms with Crippen molar-refractivity contribution in [2.45, 2.75) is 39.5 Å². The lowest BCUT2D eigenvalue weighted by Crippen LogP contribution is -2.63. The summed E-state index contributed by atoms with van der Waals surface area (Å²) in [6.07, 6.45) is 0.160. The van der Waals surface area contributed by atoms with Gasteiger partial charge in [-0.1, -0.05) is 35.9 Å². The summed E-state index contributed by atoms with van der Waals surface area (Å²) in [6.45, 7) is 6.43. The molecule has 0 radical (unpaired) electrons. The molecule has 4 rings (SSSR count). The molecule has 3 unspecified atom stereocenters. The third kappa shape index (κ3) is 4.73. The molecule has 0 saturated carbocycles. The predicted octanol–water partition coefficient (Wildman–Crippen LogP) is 3.65. The Bertz CT molecular complexity index is 1090. The van der Waals surface area contributed by atoms with Gasteiger partial charge >= 0.3 is 0 Å². The van der Waals surface area contributed by atoms with Crippen LogP contribution in [0.25, 0.3) is 10.9 Å². The number of carbonyl (C=O) groups is 1. The number of hydrogen-bond acceptors (Lipinski definition) is 6. The average molecular weight is 440 g/mol. The van der Waals surface area contributed by atoms with Crippen LogP contribution < -0.4 is 20.7 Å². The van der Waals surface area contributed by atoms with Crippen LogP contribution in [0, 0.1) is 12.8 Å². The number of aromatic nitrogens is 2. The molecule has 31 heavy (non-hydrogen) atoms. The van der Waals surface area contributed by atoms with Crippen LogP contribution in [0.1, 0.15) is 25.1 Å². The van der Waals surface area contributed by atoms with E-state index in [0.29, 0.717) is 29.7 Å². The van der Waals surface area contributed by atoms with Crippen molar-refractivity contribution in [3.8, 4) is 5.75 Å². The van der Waals surface area contributed by atoms with Crippen LogP contribution in [0.3, 0.4) is 0 Å². The van der Waals surface area contributed by atoms with Crippen molar-refractivity contribution in [2.24, 2.45) is 5.92 Å². The lowest BCUT2D eigenvalue weighted by atomic mass is 9.91. The van der Waals surface area contributed by atoms with E-state index >= 15 is 0 Å². The summed E-state index contributed by atoms with van der Waals surface area (Å²) in [5.41, 5.74) is 2.65. The molecule has 2 aromatic carbocycles. The van der Waals surface area contributed by atoms with Crippen molar-refractivity contribution in [2.75, 3.05) is 11.9 Å². The van der Waals surface area contributed by atoms with Gasteiger partial charge in [-0.05, 0) is 51.0 Å². The van der Waals surface area contributed by atoms with Crippen molar-refractivity contribution < 1.29 is 9.53 Å². The number of halogens is 1. The topological polar surface area (TPSA) is 88.2 Å². The van der Waals surface area contributed by atoms with E-state index in [9.17, 15) is 4.79 Å². The Hall–Kier alpha value is -2.90. The van der Waals surface area contributed by atoms with Crippen molar-refractivity contribution in [1.29, 1.82) is 0 Å². The normalized spacial score (nSPS) is 21.0. The number of aryl methyl sites for hydroxylation is 1. The number of ether oxygens (including phenoxy) is 1. The van der Waals surface area contributed by atoms with Crippen molar-refractivity contribution in [3.63, 3.8) is 0 Å². The van der Waals surface area contributed by atoms with E-state index in [4.69, 9.17) is 16.3 Å². The van der Waals surface area contributed by atoms with Gasteiger partial charge in [-0.3, -0.25) is 10.1 Å². The van der Waals surface area contributed by atoms with Crippen LogP contribution >= 0.6 is 11.6 Å².